The van der Waals surface area contributed by atoms with Gasteiger partial charge in [0.25, 0.3) is 7.82 Å². The molecule has 0 bridgehead atoms. The number of carbonyl (C=O) groups is 2. The van der Waals surface area contributed by atoms with Crippen molar-refractivity contribution in [2.75, 3.05) is 47.5 Å². The molecule has 0 N–H and O–H groups in total. The number of likely N-dealkylation sites (N-methyl/N-ethyl adjacent to an activating group) is 1. The van der Waals surface area contributed by atoms with Crippen molar-refractivity contribution in [2.45, 2.75) is 502 Å². The maximum absolute atomic E-state index is 12.9. The van der Waals surface area contributed by atoms with Gasteiger partial charge in [0.2, 0.25) is 0 Å². The Bertz CT molecular complexity index is 1590. The van der Waals surface area contributed by atoms with E-state index in [1.165, 1.54) is 430 Å². The molecule has 0 aromatic rings. The molecule has 0 fully saturated rings. The number of ether oxygens (including phenoxy) is 2. The molecule has 0 radical (unpaired) electrons. The number of nitrogens with zero attached hydrogens (tertiary/aromatic N) is 1. The highest BCUT2D eigenvalue weighted by atomic mass is 31.2. The van der Waals surface area contributed by atoms with Crippen LogP contribution in [0, 0.1) is 0 Å². The van der Waals surface area contributed by atoms with Crippen LogP contribution in [0.1, 0.15) is 495 Å². The Morgan fingerprint density at radius 3 is 0.660 bits per heavy atom. The van der Waals surface area contributed by atoms with Crippen LogP contribution in [0.4, 0.5) is 0 Å². The maximum Gasteiger partial charge on any atom is 0.306 e. The van der Waals surface area contributed by atoms with Crippen LogP contribution in [-0.2, 0) is 32.7 Å². The largest absolute Gasteiger partial charge is 0.756 e. The predicted molar refractivity (Wildman–Crippen MR) is 421 cm³/mol. The molecule has 0 amide bonds. The number of unbranched alkanes of at least 4 members (excludes halogenated alkanes) is 71. The topological polar surface area (TPSA) is 111 Å². The second-order valence-corrected chi connectivity index (χ2v) is 33.4. The van der Waals surface area contributed by atoms with Gasteiger partial charge in [-0.2, -0.15) is 0 Å². The fraction of sp³-hybridized carbons (Fsp3) is 0.977. The number of carbonyl (C=O) groups excluding carboxylic acids is 2. The standard InChI is InChI=1S/C87H174NO8P/c1-6-8-10-12-14-16-18-20-22-24-26-28-30-32-34-36-38-40-42-43-44-46-48-50-52-54-56-58-60-62-64-66-68-70-72-74-76-78-80-87(90)96-85(84-95-97(91,92)94-82-81-88(3,4)5)83-93-86(89)79-77-75-73-71-69-67-65-63-61-59-57-55-53-51-49-47-45-41-39-37-35-33-31-29-27-25-23-21-19-17-15-13-11-9-7-2/h85H,6-84H2,1-5H3. The first kappa shape index (κ1) is 96.0. The van der Waals surface area contributed by atoms with E-state index in [4.69, 9.17) is 18.5 Å². The van der Waals surface area contributed by atoms with Crippen molar-refractivity contribution in [3.05, 3.63) is 0 Å². The average molecular weight is 1390 g/mol. The third kappa shape index (κ3) is 83.8. The minimum Gasteiger partial charge on any atom is -0.756 e. The van der Waals surface area contributed by atoms with Crippen LogP contribution in [0.3, 0.4) is 0 Å². The van der Waals surface area contributed by atoms with Crippen LogP contribution >= 0.6 is 7.82 Å². The molecule has 0 saturated heterocycles. The normalized spacial score (nSPS) is 12.8. The van der Waals surface area contributed by atoms with Gasteiger partial charge in [-0.05, 0) is 12.8 Å². The molecule has 0 rings (SSSR count). The molecule has 0 spiro atoms. The molecule has 0 saturated carbocycles. The molecule has 0 aliphatic carbocycles. The SMILES string of the molecule is CCCCCCCCCCCCCCCCCCCCCCCCCCCCCCCCCCCCCCCCC(=O)OC(COC(=O)CCCCCCCCCCCCCCCCCCCCCCCCCCCCCCCCCCCCC)COP(=O)([O-])OCC[N+](C)(C)C. The van der Waals surface area contributed by atoms with Crippen LogP contribution < -0.4 is 4.89 Å². The van der Waals surface area contributed by atoms with Gasteiger partial charge in [0.1, 0.15) is 19.8 Å². The summed E-state index contributed by atoms with van der Waals surface area (Å²) in [5.41, 5.74) is 0. The number of esters is 2. The summed E-state index contributed by atoms with van der Waals surface area (Å²) in [6, 6.07) is 0. The Kier molecular flexibility index (Phi) is 78.3. The first-order chi connectivity index (χ1) is 47.5. The lowest BCUT2D eigenvalue weighted by Gasteiger charge is -2.28. The maximum atomic E-state index is 12.9. The summed E-state index contributed by atoms with van der Waals surface area (Å²) < 4.78 is 34.5. The lowest BCUT2D eigenvalue weighted by atomic mass is 10.0. The molecule has 0 aliphatic rings. The summed E-state index contributed by atoms with van der Waals surface area (Å²) in [5, 5.41) is 0. The van der Waals surface area contributed by atoms with Gasteiger partial charge in [-0.25, -0.2) is 0 Å². The van der Waals surface area contributed by atoms with Gasteiger partial charge in [0.15, 0.2) is 6.10 Å². The fourth-order valence-electron chi connectivity index (χ4n) is 14.1. The summed E-state index contributed by atoms with van der Waals surface area (Å²) in [6.07, 6.45) is 100.0. The summed E-state index contributed by atoms with van der Waals surface area (Å²) in [4.78, 5) is 38.2. The lowest BCUT2D eigenvalue weighted by molar-refractivity contribution is -0.870. The molecule has 97 heavy (non-hydrogen) atoms. The molecular weight excluding hydrogens is 1220 g/mol. The van der Waals surface area contributed by atoms with Crippen LogP contribution in [-0.4, -0.2) is 70.0 Å². The molecule has 10 heteroatoms. The van der Waals surface area contributed by atoms with Crippen LogP contribution in [0.15, 0.2) is 0 Å². The van der Waals surface area contributed by atoms with Gasteiger partial charge in [-0.15, -0.1) is 0 Å². The van der Waals surface area contributed by atoms with E-state index in [9.17, 15) is 19.0 Å². The zero-order valence-corrected chi connectivity index (χ0v) is 67.5. The molecule has 2 unspecified atom stereocenters. The van der Waals surface area contributed by atoms with Gasteiger partial charge >= 0.3 is 11.9 Å². The number of rotatable bonds is 85. The van der Waals surface area contributed by atoms with Gasteiger partial charge in [-0.1, -0.05) is 470 Å². The Morgan fingerprint density at radius 1 is 0.278 bits per heavy atom. The quantitative estimate of drug-likeness (QED) is 0.0256. The van der Waals surface area contributed by atoms with E-state index < -0.39 is 26.5 Å². The van der Waals surface area contributed by atoms with Gasteiger partial charge in [-0.3, -0.25) is 14.2 Å². The molecule has 0 aromatic heterocycles. The first-order valence-corrected chi connectivity index (χ1v) is 45.7. The minimum atomic E-state index is -4.64. The number of phosphoric acid groups is 1. The number of phosphoric ester groups is 1. The Labute approximate surface area is 607 Å². The van der Waals surface area contributed by atoms with Crippen LogP contribution in [0.2, 0.25) is 0 Å². The number of hydrogen-bond acceptors (Lipinski definition) is 8. The fourth-order valence-corrected chi connectivity index (χ4v) is 14.9. The van der Waals surface area contributed by atoms with Crippen molar-refractivity contribution in [2.24, 2.45) is 0 Å². The third-order valence-electron chi connectivity index (χ3n) is 20.9. The number of quaternary nitrogens is 1. The number of hydrogen-bond donors (Lipinski definition) is 0. The monoisotopic (exact) mass is 1390 g/mol. The Hall–Kier alpha value is -0.990. The first-order valence-electron chi connectivity index (χ1n) is 44.2. The van der Waals surface area contributed by atoms with E-state index >= 15 is 0 Å². The lowest BCUT2D eigenvalue weighted by Crippen LogP contribution is -2.37. The third-order valence-corrected chi connectivity index (χ3v) is 21.8. The smallest absolute Gasteiger partial charge is 0.306 e. The van der Waals surface area contributed by atoms with Crippen LogP contribution in [0.25, 0.3) is 0 Å². The highest BCUT2D eigenvalue weighted by Crippen LogP contribution is 2.38. The summed E-state index contributed by atoms with van der Waals surface area (Å²) in [6.45, 7) is 4.36. The zero-order valence-electron chi connectivity index (χ0n) is 66.6. The predicted octanol–water partition coefficient (Wildman–Crippen LogP) is 28.9. The van der Waals surface area contributed by atoms with Crippen molar-refractivity contribution in [3.8, 4) is 0 Å². The molecular formula is C87H174NO8P. The van der Waals surface area contributed by atoms with Crippen molar-refractivity contribution >= 4 is 19.8 Å². The van der Waals surface area contributed by atoms with E-state index in [1.807, 2.05) is 21.1 Å². The highest BCUT2D eigenvalue weighted by Gasteiger charge is 2.22. The average Bonchev–Trinajstić information content (AvgIpc) is 1.41. The van der Waals surface area contributed by atoms with E-state index in [-0.39, 0.29) is 32.0 Å². The summed E-state index contributed by atoms with van der Waals surface area (Å²) in [5.74, 6) is -0.798. The zero-order chi connectivity index (χ0) is 70.4. The van der Waals surface area contributed by atoms with Crippen molar-refractivity contribution < 1.29 is 42.1 Å². The molecule has 0 aromatic carbocycles. The minimum absolute atomic E-state index is 0.0245. The molecule has 0 aliphatic heterocycles. The van der Waals surface area contributed by atoms with Gasteiger partial charge in [0.05, 0.1) is 27.7 Å². The van der Waals surface area contributed by atoms with Crippen molar-refractivity contribution in [1.82, 2.24) is 0 Å². The van der Waals surface area contributed by atoms with E-state index in [0.717, 1.165) is 32.1 Å². The van der Waals surface area contributed by atoms with Crippen LogP contribution in [0.5, 0.6) is 0 Å². The second kappa shape index (κ2) is 79.1. The molecule has 580 valence electrons. The second-order valence-electron chi connectivity index (χ2n) is 32.0. The summed E-state index contributed by atoms with van der Waals surface area (Å²) >= 11 is 0. The molecule has 0 heterocycles. The highest BCUT2D eigenvalue weighted by molar-refractivity contribution is 7.45. The van der Waals surface area contributed by atoms with Gasteiger partial charge in [0, 0.05) is 12.8 Å². The van der Waals surface area contributed by atoms with Gasteiger partial charge < -0.3 is 27.9 Å². The Morgan fingerprint density at radius 2 is 0.464 bits per heavy atom. The van der Waals surface area contributed by atoms with E-state index in [0.29, 0.717) is 17.4 Å². The Balaban J connectivity index is 3.83. The van der Waals surface area contributed by atoms with Crippen molar-refractivity contribution in [3.63, 3.8) is 0 Å². The van der Waals surface area contributed by atoms with E-state index in [2.05, 4.69) is 13.8 Å². The molecule has 2 atom stereocenters. The van der Waals surface area contributed by atoms with E-state index in [1.54, 1.807) is 0 Å². The van der Waals surface area contributed by atoms with Crippen molar-refractivity contribution in [1.29, 1.82) is 0 Å². The summed E-state index contributed by atoms with van der Waals surface area (Å²) in [7, 11) is 1.20. The molecule has 9 nitrogen and oxygen atoms in total.